The molecule has 0 spiro atoms. The molecule has 1 aliphatic heterocycles. The van der Waals surface area contributed by atoms with Crippen LogP contribution in [0.25, 0.3) is 0 Å². The summed E-state index contributed by atoms with van der Waals surface area (Å²) in [4.78, 5) is 32.7. The zero-order valence-electron chi connectivity index (χ0n) is 17.3. The zero-order chi connectivity index (χ0) is 21.7. The standard InChI is InChI=1S/C22H26N6O2/c1-13(2)15-8-10-16(11-9-15)24-19(29)12-18-20(30)27-22(26-18)28-21(23)25-17-7-5-4-6-14(17)3/h4-11,13,18H,12H2,1-3H3,(H,24,29)(H4,23,25,26,27,28,30). The summed E-state index contributed by atoms with van der Waals surface area (Å²) in [6, 6.07) is 14.4. The highest BCUT2D eigenvalue weighted by Crippen LogP contribution is 2.18. The molecular weight excluding hydrogens is 380 g/mol. The van der Waals surface area contributed by atoms with E-state index in [0.717, 1.165) is 11.3 Å². The SMILES string of the molecule is Cc1ccccc1N/C(N)=N/C1=NC(CC(=O)Nc2ccc(C(C)C)cc2)C(=O)N1. The molecule has 2 amide bonds. The van der Waals surface area contributed by atoms with E-state index in [1.165, 1.54) is 5.56 Å². The third-order valence-electron chi connectivity index (χ3n) is 4.69. The summed E-state index contributed by atoms with van der Waals surface area (Å²) in [5.41, 5.74) is 9.59. The van der Waals surface area contributed by atoms with Crippen molar-refractivity contribution in [3.8, 4) is 0 Å². The maximum absolute atomic E-state index is 12.3. The van der Waals surface area contributed by atoms with Crippen molar-refractivity contribution in [2.75, 3.05) is 10.6 Å². The molecule has 3 rings (SSSR count). The molecule has 1 aliphatic rings. The van der Waals surface area contributed by atoms with Crippen molar-refractivity contribution < 1.29 is 9.59 Å². The number of anilines is 2. The molecule has 1 heterocycles. The molecule has 0 aliphatic carbocycles. The van der Waals surface area contributed by atoms with E-state index in [-0.39, 0.29) is 30.2 Å². The molecule has 5 N–H and O–H groups in total. The van der Waals surface area contributed by atoms with Crippen LogP contribution in [-0.2, 0) is 9.59 Å². The van der Waals surface area contributed by atoms with Gasteiger partial charge in [-0.2, -0.15) is 4.99 Å². The van der Waals surface area contributed by atoms with Crippen molar-refractivity contribution in [3.63, 3.8) is 0 Å². The molecule has 8 nitrogen and oxygen atoms in total. The van der Waals surface area contributed by atoms with Crippen molar-refractivity contribution in [2.45, 2.75) is 39.2 Å². The van der Waals surface area contributed by atoms with Crippen LogP contribution in [0.15, 0.2) is 58.5 Å². The Balaban J connectivity index is 1.59. The second-order valence-corrected chi connectivity index (χ2v) is 7.42. The third kappa shape index (κ3) is 5.44. The number of nitrogens with one attached hydrogen (secondary N) is 3. The topological polar surface area (TPSA) is 121 Å². The lowest BCUT2D eigenvalue weighted by Crippen LogP contribution is -2.32. The van der Waals surface area contributed by atoms with Crippen LogP contribution in [0.5, 0.6) is 0 Å². The monoisotopic (exact) mass is 406 g/mol. The van der Waals surface area contributed by atoms with Gasteiger partial charge >= 0.3 is 0 Å². The Morgan fingerprint density at radius 1 is 1.17 bits per heavy atom. The number of nitrogens with two attached hydrogens (primary N) is 1. The number of aryl methyl sites for hydroxylation is 1. The van der Waals surface area contributed by atoms with Gasteiger partial charge in [-0.25, -0.2) is 4.99 Å². The van der Waals surface area contributed by atoms with Gasteiger partial charge in [-0.1, -0.05) is 44.2 Å². The number of para-hydroxylation sites is 1. The Morgan fingerprint density at radius 2 is 1.87 bits per heavy atom. The van der Waals surface area contributed by atoms with Crippen LogP contribution in [0.2, 0.25) is 0 Å². The fourth-order valence-electron chi connectivity index (χ4n) is 2.96. The van der Waals surface area contributed by atoms with Crippen molar-refractivity contribution in [2.24, 2.45) is 15.7 Å². The number of rotatable bonds is 5. The minimum absolute atomic E-state index is 0.0812. The highest BCUT2D eigenvalue weighted by Gasteiger charge is 2.28. The van der Waals surface area contributed by atoms with E-state index in [0.29, 0.717) is 11.6 Å². The third-order valence-corrected chi connectivity index (χ3v) is 4.69. The van der Waals surface area contributed by atoms with E-state index < -0.39 is 6.04 Å². The number of guanidine groups is 2. The molecule has 0 fully saturated rings. The summed E-state index contributed by atoms with van der Waals surface area (Å²) < 4.78 is 0. The van der Waals surface area contributed by atoms with Crippen molar-refractivity contribution in [3.05, 3.63) is 59.7 Å². The molecule has 0 radical (unpaired) electrons. The Morgan fingerprint density at radius 3 is 2.53 bits per heavy atom. The second-order valence-electron chi connectivity index (χ2n) is 7.42. The minimum atomic E-state index is -0.843. The molecular formula is C22H26N6O2. The Kier molecular flexibility index (Phi) is 6.46. The lowest BCUT2D eigenvalue weighted by molar-refractivity contribution is -0.123. The molecule has 1 atom stereocenters. The molecule has 0 bridgehead atoms. The van der Waals surface area contributed by atoms with Crippen molar-refractivity contribution in [1.29, 1.82) is 0 Å². The first-order chi connectivity index (χ1) is 14.3. The van der Waals surface area contributed by atoms with Gasteiger partial charge in [0.05, 0.1) is 6.42 Å². The minimum Gasteiger partial charge on any atom is -0.369 e. The Hall–Kier alpha value is -3.68. The predicted octanol–water partition coefficient (Wildman–Crippen LogP) is 2.73. The Labute approximate surface area is 175 Å². The molecule has 1 unspecified atom stereocenters. The van der Waals surface area contributed by atoms with E-state index >= 15 is 0 Å². The van der Waals surface area contributed by atoms with Crippen LogP contribution in [0.3, 0.4) is 0 Å². The first-order valence-electron chi connectivity index (χ1n) is 9.77. The predicted molar refractivity (Wildman–Crippen MR) is 120 cm³/mol. The number of nitrogens with zero attached hydrogens (tertiary/aromatic N) is 2. The van der Waals surface area contributed by atoms with Crippen LogP contribution >= 0.6 is 0 Å². The number of carbonyl (C=O) groups excluding carboxylic acids is 2. The van der Waals surface area contributed by atoms with Crippen LogP contribution < -0.4 is 21.7 Å². The fraction of sp³-hybridized carbons (Fsp3) is 0.273. The molecule has 156 valence electrons. The molecule has 0 saturated carbocycles. The van der Waals surface area contributed by atoms with Crippen LogP contribution in [-0.4, -0.2) is 29.8 Å². The summed E-state index contributed by atoms with van der Waals surface area (Å²) in [6.45, 7) is 6.15. The number of benzene rings is 2. The van der Waals surface area contributed by atoms with E-state index in [2.05, 4.69) is 39.8 Å². The normalized spacial score (nSPS) is 16.3. The quantitative estimate of drug-likeness (QED) is 0.451. The molecule has 30 heavy (non-hydrogen) atoms. The average Bonchev–Trinajstić information content (AvgIpc) is 3.02. The molecule has 2 aromatic rings. The maximum atomic E-state index is 12.3. The maximum Gasteiger partial charge on any atom is 0.252 e. The van der Waals surface area contributed by atoms with E-state index in [4.69, 9.17) is 5.73 Å². The van der Waals surface area contributed by atoms with Gasteiger partial charge < -0.3 is 16.4 Å². The van der Waals surface area contributed by atoms with E-state index in [1.807, 2.05) is 55.5 Å². The molecule has 2 aromatic carbocycles. The van der Waals surface area contributed by atoms with Gasteiger partial charge in [0.2, 0.25) is 17.8 Å². The zero-order valence-corrected chi connectivity index (χ0v) is 17.3. The van der Waals surface area contributed by atoms with Gasteiger partial charge in [0.25, 0.3) is 5.91 Å². The average molecular weight is 406 g/mol. The Bertz CT molecular complexity index is 995. The van der Waals surface area contributed by atoms with Gasteiger partial charge in [0.1, 0.15) is 6.04 Å². The number of aliphatic imine (C=N–C) groups is 2. The molecule has 0 saturated heterocycles. The van der Waals surface area contributed by atoms with Gasteiger partial charge in [-0.3, -0.25) is 14.9 Å². The number of amides is 2. The fourth-order valence-corrected chi connectivity index (χ4v) is 2.96. The molecule has 8 heteroatoms. The van der Waals surface area contributed by atoms with Gasteiger partial charge in [0, 0.05) is 11.4 Å². The summed E-state index contributed by atoms with van der Waals surface area (Å²) in [5, 5.41) is 8.31. The van der Waals surface area contributed by atoms with Crippen molar-refractivity contribution in [1.82, 2.24) is 5.32 Å². The first-order valence-corrected chi connectivity index (χ1v) is 9.77. The first kappa shape index (κ1) is 21.0. The summed E-state index contributed by atoms with van der Waals surface area (Å²) >= 11 is 0. The van der Waals surface area contributed by atoms with Gasteiger partial charge in [0.15, 0.2) is 0 Å². The van der Waals surface area contributed by atoms with Gasteiger partial charge in [-0.15, -0.1) is 0 Å². The highest BCUT2D eigenvalue weighted by atomic mass is 16.2. The van der Waals surface area contributed by atoms with Crippen LogP contribution in [0.1, 0.15) is 37.3 Å². The van der Waals surface area contributed by atoms with E-state index in [9.17, 15) is 9.59 Å². The molecule has 0 aromatic heterocycles. The number of hydrogen-bond donors (Lipinski definition) is 4. The smallest absolute Gasteiger partial charge is 0.252 e. The van der Waals surface area contributed by atoms with Crippen molar-refractivity contribution >= 4 is 35.1 Å². The highest BCUT2D eigenvalue weighted by molar-refractivity contribution is 6.11. The lowest BCUT2D eigenvalue weighted by Gasteiger charge is -2.09. The number of carbonyl (C=O) groups is 2. The summed E-state index contributed by atoms with van der Waals surface area (Å²) in [6.07, 6.45) is -0.0814. The number of hydrogen-bond acceptors (Lipinski definition) is 4. The summed E-state index contributed by atoms with van der Waals surface area (Å²) in [7, 11) is 0. The lowest BCUT2D eigenvalue weighted by atomic mass is 10.0. The largest absolute Gasteiger partial charge is 0.369 e. The summed E-state index contributed by atoms with van der Waals surface area (Å²) in [5.74, 6) is -0.0930. The van der Waals surface area contributed by atoms with E-state index in [1.54, 1.807) is 0 Å². The van der Waals surface area contributed by atoms with Crippen LogP contribution in [0, 0.1) is 6.92 Å². The van der Waals surface area contributed by atoms with Gasteiger partial charge in [-0.05, 0) is 42.2 Å². The van der Waals surface area contributed by atoms with Crippen LogP contribution in [0.4, 0.5) is 11.4 Å². The second kappa shape index (κ2) is 9.21.